The Bertz CT molecular complexity index is 1480. The Morgan fingerprint density at radius 1 is 0.860 bits per heavy atom. The molecule has 4 amide bonds. The maximum absolute atomic E-state index is 12.7. The molecule has 6 N–H and O–H groups in total. The first-order valence-electron chi connectivity index (χ1n) is 13.3. The number of carboxylic acid groups (broad SMARTS) is 2. The minimum atomic E-state index is -1.15. The second-order valence-electron chi connectivity index (χ2n) is 9.59. The van der Waals surface area contributed by atoms with E-state index in [0.29, 0.717) is 28.4 Å². The molecular formula is C30H33N5O8. The predicted molar refractivity (Wildman–Crippen MR) is 158 cm³/mol. The van der Waals surface area contributed by atoms with Crippen molar-refractivity contribution in [3.63, 3.8) is 0 Å². The monoisotopic (exact) mass is 591 g/mol. The minimum absolute atomic E-state index is 0.0121. The van der Waals surface area contributed by atoms with Crippen molar-refractivity contribution in [3.8, 4) is 5.75 Å². The first-order chi connectivity index (χ1) is 20.5. The van der Waals surface area contributed by atoms with Gasteiger partial charge in [-0.3, -0.25) is 24.2 Å². The van der Waals surface area contributed by atoms with Crippen molar-refractivity contribution in [2.45, 2.75) is 45.1 Å². The molecule has 0 aliphatic carbocycles. The van der Waals surface area contributed by atoms with Crippen LogP contribution in [-0.4, -0.2) is 52.1 Å². The van der Waals surface area contributed by atoms with Gasteiger partial charge >= 0.3 is 18.0 Å². The number of carbonyl (C=O) groups excluding carboxylic acids is 3. The van der Waals surface area contributed by atoms with Gasteiger partial charge in [0.2, 0.25) is 11.8 Å². The molecule has 1 atom stereocenters. The fourth-order valence-corrected chi connectivity index (χ4v) is 4.08. The summed E-state index contributed by atoms with van der Waals surface area (Å²) in [6.45, 7) is 1.88. The largest absolute Gasteiger partial charge is 0.495 e. The van der Waals surface area contributed by atoms with Gasteiger partial charge in [-0.05, 0) is 54.8 Å². The van der Waals surface area contributed by atoms with E-state index >= 15 is 0 Å². The topological polar surface area (TPSA) is 196 Å². The summed E-state index contributed by atoms with van der Waals surface area (Å²) in [7, 11) is 1.45. The highest BCUT2D eigenvalue weighted by Crippen LogP contribution is 2.27. The van der Waals surface area contributed by atoms with E-state index in [2.05, 4.69) is 26.3 Å². The van der Waals surface area contributed by atoms with Crippen LogP contribution in [0.4, 0.5) is 21.9 Å². The molecule has 0 radical (unpaired) electrons. The molecule has 226 valence electrons. The molecule has 0 saturated heterocycles. The Morgan fingerprint density at radius 3 is 2.26 bits per heavy atom. The second kappa shape index (κ2) is 15.5. The number of hydrogen-bond acceptors (Lipinski definition) is 7. The van der Waals surface area contributed by atoms with E-state index in [1.807, 2.05) is 25.1 Å². The van der Waals surface area contributed by atoms with Gasteiger partial charge in [0, 0.05) is 18.5 Å². The number of aromatic nitrogens is 1. The van der Waals surface area contributed by atoms with Crippen molar-refractivity contribution in [2.24, 2.45) is 0 Å². The molecule has 0 fully saturated rings. The number of pyridine rings is 1. The summed E-state index contributed by atoms with van der Waals surface area (Å²) in [5.41, 5.74) is 3.25. The number of ether oxygens (including phenoxy) is 1. The average Bonchev–Trinajstić information content (AvgIpc) is 2.94. The lowest BCUT2D eigenvalue weighted by Crippen LogP contribution is -2.30. The van der Waals surface area contributed by atoms with Crippen LogP contribution in [0.5, 0.6) is 5.75 Å². The Hall–Kier alpha value is -5.46. The number of rotatable bonds is 14. The third-order valence-electron chi connectivity index (χ3n) is 6.21. The van der Waals surface area contributed by atoms with Crippen molar-refractivity contribution < 1.29 is 38.9 Å². The molecule has 2 aromatic carbocycles. The summed E-state index contributed by atoms with van der Waals surface area (Å²) < 4.78 is 5.40. The van der Waals surface area contributed by atoms with Crippen LogP contribution in [0, 0.1) is 6.92 Å². The SMILES string of the molecule is COc1cc(CC(=O)Nc2ccc(C(CC(=O)O)NC(=O)CCCC(=O)O)nc2)ccc1NC(=O)Nc1ccccc1C. The molecule has 0 bridgehead atoms. The van der Waals surface area contributed by atoms with E-state index in [1.54, 1.807) is 24.3 Å². The van der Waals surface area contributed by atoms with E-state index in [4.69, 9.17) is 9.84 Å². The van der Waals surface area contributed by atoms with E-state index in [9.17, 15) is 29.1 Å². The van der Waals surface area contributed by atoms with Gasteiger partial charge in [-0.15, -0.1) is 0 Å². The fraction of sp³-hybridized carbons (Fsp3) is 0.267. The molecule has 0 saturated carbocycles. The number of benzene rings is 2. The molecular weight excluding hydrogens is 558 g/mol. The van der Waals surface area contributed by atoms with Gasteiger partial charge in [0.25, 0.3) is 0 Å². The van der Waals surface area contributed by atoms with E-state index < -0.39 is 36.3 Å². The van der Waals surface area contributed by atoms with Gasteiger partial charge in [-0.1, -0.05) is 24.3 Å². The van der Waals surface area contributed by atoms with Crippen LogP contribution in [0.2, 0.25) is 0 Å². The highest BCUT2D eigenvalue weighted by atomic mass is 16.5. The summed E-state index contributed by atoms with van der Waals surface area (Å²) in [5, 5.41) is 28.8. The Morgan fingerprint density at radius 2 is 1.60 bits per heavy atom. The van der Waals surface area contributed by atoms with Gasteiger partial charge in [-0.2, -0.15) is 0 Å². The number of carboxylic acids is 2. The number of anilines is 3. The molecule has 1 aromatic heterocycles. The molecule has 0 spiro atoms. The Kier molecular flexibility index (Phi) is 11.6. The maximum Gasteiger partial charge on any atom is 0.323 e. The molecule has 0 aliphatic rings. The highest BCUT2D eigenvalue weighted by molar-refractivity contribution is 6.01. The van der Waals surface area contributed by atoms with Crippen LogP contribution in [-0.2, 0) is 25.6 Å². The van der Waals surface area contributed by atoms with Gasteiger partial charge in [0.15, 0.2) is 0 Å². The summed E-state index contributed by atoms with van der Waals surface area (Å²) in [5.74, 6) is -2.66. The zero-order valence-corrected chi connectivity index (χ0v) is 23.7. The van der Waals surface area contributed by atoms with Gasteiger partial charge in [0.05, 0.1) is 49.3 Å². The lowest BCUT2D eigenvalue weighted by molar-refractivity contribution is -0.138. The number of nitrogens with one attached hydrogen (secondary N) is 4. The smallest absolute Gasteiger partial charge is 0.323 e. The van der Waals surface area contributed by atoms with E-state index in [1.165, 1.54) is 25.4 Å². The highest BCUT2D eigenvalue weighted by Gasteiger charge is 2.20. The molecule has 0 aliphatic heterocycles. The third kappa shape index (κ3) is 10.5. The number of aryl methyl sites for hydroxylation is 1. The number of hydrogen-bond donors (Lipinski definition) is 6. The van der Waals surface area contributed by atoms with Crippen molar-refractivity contribution >= 4 is 46.8 Å². The summed E-state index contributed by atoms with van der Waals surface area (Å²) in [6.07, 6.45) is 0.778. The van der Waals surface area contributed by atoms with Gasteiger partial charge in [0.1, 0.15) is 5.75 Å². The van der Waals surface area contributed by atoms with Crippen LogP contribution < -0.4 is 26.0 Å². The maximum atomic E-state index is 12.7. The van der Waals surface area contributed by atoms with Crippen LogP contribution in [0.25, 0.3) is 0 Å². The molecule has 1 unspecified atom stereocenters. The lowest BCUT2D eigenvalue weighted by Gasteiger charge is -2.17. The third-order valence-corrected chi connectivity index (χ3v) is 6.21. The van der Waals surface area contributed by atoms with Gasteiger partial charge in [-0.25, -0.2) is 4.79 Å². The van der Waals surface area contributed by atoms with Crippen LogP contribution in [0.15, 0.2) is 60.8 Å². The molecule has 43 heavy (non-hydrogen) atoms. The van der Waals surface area contributed by atoms with Crippen molar-refractivity contribution in [1.82, 2.24) is 10.3 Å². The zero-order chi connectivity index (χ0) is 31.4. The Balaban J connectivity index is 1.58. The molecule has 3 aromatic rings. The lowest BCUT2D eigenvalue weighted by atomic mass is 10.1. The van der Waals surface area contributed by atoms with Crippen molar-refractivity contribution in [3.05, 3.63) is 77.6 Å². The van der Waals surface area contributed by atoms with E-state index in [-0.39, 0.29) is 37.3 Å². The minimum Gasteiger partial charge on any atom is -0.495 e. The van der Waals surface area contributed by atoms with Crippen molar-refractivity contribution in [1.29, 1.82) is 0 Å². The zero-order valence-electron chi connectivity index (χ0n) is 23.7. The Labute approximate surface area is 247 Å². The number of carbonyl (C=O) groups is 5. The number of para-hydroxylation sites is 1. The number of methoxy groups -OCH3 is 1. The summed E-state index contributed by atoms with van der Waals surface area (Å²) in [4.78, 5) is 63.5. The molecule has 1 heterocycles. The summed E-state index contributed by atoms with van der Waals surface area (Å²) >= 11 is 0. The number of nitrogens with zero attached hydrogens (tertiary/aromatic N) is 1. The molecule has 13 nitrogen and oxygen atoms in total. The molecule has 3 rings (SSSR count). The number of aliphatic carboxylic acids is 2. The number of urea groups is 1. The predicted octanol–water partition coefficient (Wildman–Crippen LogP) is 4.11. The molecule has 13 heteroatoms. The second-order valence-corrected chi connectivity index (χ2v) is 9.59. The van der Waals surface area contributed by atoms with Crippen LogP contribution in [0.3, 0.4) is 0 Å². The van der Waals surface area contributed by atoms with Crippen LogP contribution >= 0.6 is 0 Å². The fourth-order valence-electron chi connectivity index (χ4n) is 4.08. The van der Waals surface area contributed by atoms with Crippen LogP contribution in [0.1, 0.15) is 48.5 Å². The normalized spacial score (nSPS) is 11.1. The van der Waals surface area contributed by atoms with Gasteiger partial charge < -0.3 is 36.2 Å². The first kappa shape index (κ1) is 32.1. The number of amides is 4. The quantitative estimate of drug-likeness (QED) is 0.160. The van der Waals surface area contributed by atoms with E-state index in [0.717, 1.165) is 5.56 Å². The standard InChI is InChI=1S/C30H33N5O8/c1-18-6-3-4-7-21(18)34-30(42)35-23-12-10-19(14-25(23)43-2)15-27(37)32-20-11-13-22(31-17-20)24(16-29(40)41)33-26(36)8-5-9-28(38)39/h3-4,6-7,10-14,17,24H,5,8-9,15-16H2,1-2H3,(H,32,37)(H,33,36)(H,38,39)(H,40,41)(H2,34,35,42). The average molecular weight is 592 g/mol. The summed E-state index contributed by atoms with van der Waals surface area (Å²) in [6, 6.07) is 14.0. The van der Waals surface area contributed by atoms with Crippen molar-refractivity contribution in [2.75, 3.05) is 23.1 Å². The first-order valence-corrected chi connectivity index (χ1v) is 13.3.